The highest BCUT2D eigenvalue weighted by molar-refractivity contribution is 6.12. The maximum absolute atomic E-state index is 4.86. The third kappa shape index (κ3) is 15.8. The number of fused-ring (bicyclic) bond motifs is 14. The third-order valence-electron chi connectivity index (χ3n) is 27.9. The minimum Gasteiger partial charge on any atom is -0.311 e. The molecule has 12 heteroatoms. The van der Waals surface area contributed by atoms with Crippen LogP contribution in [0.5, 0.6) is 0 Å². The van der Waals surface area contributed by atoms with Crippen LogP contribution in [0.1, 0.15) is 5.56 Å². The number of hydrogen-bond acceptors (Lipinski definition) is 6. The van der Waals surface area contributed by atoms with Crippen molar-refractivity contribution in [2.24, 2.45) is 0 Å². The predicted octanol–water partition coefficient (Wildman–Crippen LogP) is 34.7. The van der Waals surface area contributed by atoms with Crippen molar-refractivity contribution in [3.05, 3.63) is 546 Å². The number of aryl methyl sites for hydroxylation is 1. The Labute approximate surface area is 832 Å². The van der Waals surface area contributed by atoms with Crippen LogP contribution in [-0.2, 0) is 0 Å². The predicted molar refractivity (Wildman–Crippen MR) is 600 cm³/mol. The number of pyridine rings is 3. The second-order valence-electron chi connectivity index (χ2n) is 36.6. The van der Waals surface area contributed by atoms with Crippen molar-refractivity contribution in [3.8, 4) is 73.1 Å². The van der Waals surface area contributed by atoms with Crippen LogP contribution in [0.2, 0.25) is 0 Å². The summed E-state index contributed by atoms with van der Waals surface area (Å²) in [5, 5.41) is 12.5. The molecule has 28 rings (SSSR count). The Morgan fingerprint density at radius 2 is 0.431 bits per heavy atom. The van der Waals surface area contributed by atoms with Crippen LogP contribution in [0.3, 0.4) is 0 Å². The first-order valence-corrected chi connectivity index (χ1v) is 48.8. The molecule has 0 aliphatic rings. The SMILES string of the molecule is Cc1ccc(-c2ccc(N(c3ccc(-c4cn5ccccc5n4)cc3)c3ccc(-n4c5ccccc5c5ccccc54)cc3)cc2)cc1.c1ccc2c(N(c3ccc(-c4cn5ccccc5n4)cc3)c3ccc(-n4c5ccccc5c5ccccc54)cc3)cccc2c1.c1ccc2cc(-c3ccc(N(c4ccc(-c5cn6ccccc6n5)cc4)c4ccc(-n5c6ccccc6c6ccccc65)cc4)cc3)ccc2c1. The van der Waals surface area contributed by atoms with E-state index in [0.29, 0.717) is 0 Å². The van der Waals surface area contributed by atoms with Crippen molar-refractivity contribution >= 4 is 155 Å². The van der Waals surface area contributed by atoms with E-state index in [-0.39, 0.29) is 0 Å². The fourth-order valence-electron chi connectivity index (χ4n) is 20.9. The lowest BCUT2D eigenvalue weighted by molar-refractivity contribution is 1.17. The van der Waals surface area contributed by atoms with E-state index in [1.807, 2.05) is 73.2 Å². The number of imidazole rings is 3. The lowest BCUT2D eigenvalue weighted by atomic mass is 10.0. The summed E-state index contributed by atoms with van der Waals surface area (Å²) >= 11 is 0. The summed E-state index contributed by atoms with van der Waals surface area (Å²) in [7, 11) is 0. The summed E-state index contributed by atoms with van der Waals surface area (Å²) in [4.78, 5) is 21.5. The number of hydrogen-bond donors (Lipinski definition) is 0. The molecular weight excluding hydrogens is 1750 g/mol. The number of anilines is 9. The van der Waals surface area contributed by atoms with Gasteiger partial charge in [-0.25, -0.2) is 15.0 Å². The van der Waals surface area contributed by atoms with E-state index < -0.39 is 0 Å². The average Bonchev–Trinajstić information content (AvgIpc) is 1.59. The molecule has 0 spiro atoms. The van der Waals surface area contributed by atoms with E-state index in [1.165, 1.54) is 115 Å². The molecular formula is C132H92N12. The van der Waals surface area contributed by atoms with Gasteiger partial charge in [-0.15, -0.1) is 0 Å². The van der Waals surface area contributed by atoms with Gasteiger partial charge in [0.25, 0.3) is 0 Å². The van der Waals surface area contributed by atoms with Gasteiger partial charge in [-0.2, -0.15) is 0 Å². The Hall–Kier alpha value is -19.4. The van der Waals surface area contributed by atoms with Crippen LogP contribution in [0.4, 0.5) is 51.2 Å². The maximum atomic E-state index is 4.86. The maximum Gasteiger partial charge on any atom is 0.137 e. The van der Waals surface area contributed by atoms with Crippen LogP contribution in [0.15, 0.2) is 541 Å². The number of aromatic nitrogens is 9. The summed E-state index contributed by atoms with van der Waals surface area (Å²) < 4.78 is 13.3. The van der Waals surface area contributed by atoms with Crippen molar-refractivity contribution in [2.45, 2.75) is 6.92 Å². The summed E-state index contributed by atoms with van der Waals surface area (Å²) in [6.45, 7) is 2.12. The first kappa shape index (κ1) is 85.0. The summed E-state index contributed by atoms with van der Waals surface area (Å²) in [6.07, 6.45) is 12.4. The van der Waals surface area contributed by atoms with E-state index in [9.17, 15) is 0 Å². The Bertz CT molecular complexity index is 9370. The van der Waals surface area contributed by atoms with Gasteiger partial charge in [0.05, 0.1) is 55.9 Å². The van der Waals surface area contributed by atoms with Gasteiger partial charge in [0.2, 0.25) is 0 Å². The normalized spacial score (nSPS) is 11.5. The van der Waals surface area contributed by atoms with Crippen LogP contribution >= 0.6 is 0 Å². The van der Waals surface area contributed by atoms with Gasteiger partial charge in [0.15, 0.2) is 0 Å². The Balaban J connectivity index is 0.000000110. The number of rotatable bonds is 17. The highest BCUT2D eigenvalue weighted by atomic mass is 15.2. The fourth-order valence-corrected chi connectivity index (χ4v) is 20.9. The van der Waals surface area contributed by atoms with Gasteiger partial charge in [0.1, 0.15) is 16.9 Å². The Morgan fingerprint density at radius 1 is 0.181 bits per heavy atom. The molecule has 0 radical (unpaired) electrons. The first-order chi connectivity index (χ1) is 71.3. The first-order valence-electron chi connectivity index (χ1n) is 48.8. The Kier molecular flexibility index (Phi) is 21.5. The topological polar surface area (TPSA) is 76.4 Å². The molecule has 0 atom stereocenters. The highest BCUT2D eigenvalue weighted by Crippen LogP contribution is 2.46. The van der Waals surface area contributed by atoms with Crippen LogP contribution in [-0.4, -0.2) is 41.9 Å². The summed E-state index contributed by atoms with van der Waals surface area (Å²) in [5.41, 5.74) is 35.5. The third-order valence-corrected chi connectivity index (χ3v) is 27.9. The lowest BCUT2D eigenvalue weighted by Crippen LogP contribution is -2.10. The van der Waals surface area contributed by atoms with Crippen molar-refractivity contribution in [2.75, 3.05) is 14.7 Å². The van der Waals surface area contributed by atoms with Crippen molar-refractivity contribution < 1.29 is 0 Å². The molecule has 0 bridgehead atoms. The van der Waals surface area contributed by atoms with Gasteiger partial charge in [-0.1, -0.05) is 291 Å². The smallest absolute Gasteiger partial charge is 0.137 e. The largest absolute Gasteiger partial charge is 0.311 e. The molecule has 144 heavy (non-hydrogen) atoms. The molecule has 0 amide bonds. The molecule has 9 aromatic heterocycles. The zero-order valence-electron chi connectivity index (χ0n) is 78.8. The van der Waals surface area contributed by atoms with Crippen molar-refractivity contribution in [1.82, 2.24) is 41.9 Å². The molecule has 0 unspecified atom stereocenters. The highest BCUT2D eigenvalue weighted by Gasteiger charge is 2.24. The molecule has 0 aliphatic carbocycles. The molecule has 680 valence electrons. The van der Waals surface area contributed by atoms with Crippen molar-refractivity contribution in [1.29, 1.82) is 0 Å². The second kappa shape index (κ2) is 36.5. The van der Waals surface area contributed by atoms with Gasteiger partial charge in [-0.05, 0) is 264 Å². The van der Waals surface area contributed by atoms with E-state index in [4.69, 9.17) is 15.0 Å². The lowest BCUT2D eigenvalue weighted by Gasteiger charge is -2.27. The summed E-state index contributed by atoms with van der Waals surface area (Å²) in [5.74, 6) is 0. The average molecular weight is 1850 g/mol. The van der Waals surface area contributed by atoms with E-state index in [2.05, 4.69) is 516 Å². The van der Waals surface area contributed by atoms with Crippen molar-refractivity contribution in [3.63, 3.8) is 0 Å². The number of benzene rings is 19. The summed E-state index contributed by atoms with van der Waals surface area (Å²) in [6, 6.07) is 180. The van der Waals surface area contributed by atoms with Gasteiger partial charge >= 0.3 is 0 Å². The molecule has 19 aromatic carbocycles. The monoisotopic (exact) mass is 1840 g/mol. The van der Waals surface area contributed by atoms with E-state index >= 15 is 0 Å². The fraction of sp³-hybridized carbons (Fsp3) is 0.00758. The van der Waals surface area contributed by atoms with Gasteiger partial charge in [-0.3, -0.25) is 0 Å². The van der Waals surface area contributed by atoms with Crippen LogP contribution in [0, 0.1) is 6.92 Å². The molecule has 0 N–H and O–H groups in total. The van der Waals surface area contributed by atoms with Crippen LogP contribution in [0.25, 0.3) is 177 Å². The zero-order chi connectivity index (χ0) is 95.5. The van der Waals surface area contributed by atoms with Crippen LogP contribution < -0.4 is 14.7 Å². The van der Waals surface area contributed by atoms with E-state index in [0.717, 1.165) is 119 Å². The molecule has 28 aromatic rings. The quantitative estimate of drug-likeness (QED) is 0.0904. The molecule has 0 aliphatic heterocycles. The van der Waals surface area contributed by atoms with Gasteiger partial charge < -0.3 is 41.6 Å². The molecule has 0 fully saturated rings. The number of para-hydroxylation sites is 6. The molecule has 12 nitrogen and oxygen atoms in total. The molecule has 0 saturated carbocycles. The van der Waals surface area contributed by atoms with Gasteiger partial charge in [0, 0.05) is 154 Å². The standard InChI is InChI=1S/C47H32N4.C44H32N4.C41H28N4/c1-2-10-36-31-37(17-16-33(36)9-1)34-18-22-38(23-19-34)50(39-24-20-35(21-25-39)44-32-49-30-8-7-15-47(49)48-44)40-26-28-41(29-27-40)51-45-13-5-3-11-42(45)43-12-4-6-14-46(43)51;1-31-13-15-32(16-14-31)33-17-21-35(22-18-33)47(36-23-19-34(20-24-36)41-30-46-29-7-6-12-44(46)45-41)37-25-27-38(28-26-37)48-42-10-4-2-8-39(42)40-9-3-5-11-43(40)48;1-2-12-34-29(10-1)11-9-17-38(34)44(31-21-19-30(20-22-31)37-28-43-27-8-7-18-41(43)42-37)32-23-25-33(26-24-32)45-39-15-5-3-13-35(39)36-14-4-6-16-40(36)45/h1-32H;2-30H,1H3;1-28H. The second-order valence-corrected chi connectivity index (χ2v) is 36.6. The number of nitrogens with zero attached hydrogens (tertiary/aromatic N) is 12. The molecule has 0 saturated heterocycles. The zero-order valence-corrected chi connectivity index (χ0v) is 78.8. The minimum absolute atomic E-state index is 0.938. The molecule has 9 heterocycles. The minimum atomic E-state index is 0.938. The Morgan fingerprint density at radius 3 is 0.764 bits per heavy atom. The van der Waals surface area contributed by atoms with E-state index in [1.54, 1.807) is 0 Å².